The normalized spacial score (nSPS) is 14.5. The van der Waals surface area contributed by atoms with E-state index in [0.29, 0.717) is 18.1 Å². The molecule has 0 atom stereocenters. The molecule has 0 spiro atoms. The highest BCUT2D eigenvalue weighted by molar-refractivity contribution is 6.17. The van der Waals surface area contributed by atoms with Crippen LogP contribution < -0.4 is 0 Å². The van der Waals surface area contributed by atoms with Crippen molar-refractivity contribution in [2.45, 2.75) is 12.8 Å². The molecular formula is C9H11ClO. The van der Waals surface area contributed by atoms with E-state index in [2.05, 4.69) is 0 Å². The molecule has 0 bridgehead atoms. The maximum atomic E-state index is 9.40. The summed E-state index contributed by atoms with van der Waals surface area (Å²) in [6, 6.07) is 0. The highest BCUT2D eigenvalue weighted by Gasteiger charge is 2.00. The third-order valence-electron chi connectivity index (χ3n) is 1.54. The van der Waals surface area contributed by atoms with Gasteiger partial charge in [0.1, 0.15) is 0 Å². The van der Waals surface area contributed by atoms with E-state index in [-0.39, 0.29) is 0 Å². The van der Waals surface area contributed by atoms with E-state index in [9.17, 15) is 5.11 Å². The number of aliphatic hydroxyl groups is 1. The average Bonchev–Trinajstić information content (AvgIpc) is 2.52. The maximum Gasteiger partial charge on any atom is 0.0995 e. The topological polar surface area (TPSA) is 20.2 Å². The van der Waals surface area contributed by atoms with Gasteiger partial charge in [-0.25, -0.2) is 0 Å². The summed E-state index contributed by atoms with van der Waals surface area (Å²) >= 11 is 5.48. The Morgan fingerprint density at radius 2 is 2.00 bits per heavy atom. The van der Waals surface area contributed by atoms with Gasteiger partial charge < -0.3 is 5.11 Å². The van der Waals surface area contributed by atoms with E-state index < -0.39 is 0 Å². The fourth-order valence-electron chi connectivity index (χ4n) is 0.945. The molecule has 0 aromatic heterocycles. The Labute approximate surface area is 71.7 Å². The van der Waals surface area contributed by atoms with Crippen LogP contribution in [0.1, 0.15) is 12.8 Å². The quantitative estimate of drug-likeness (QED) is 0.510. The van der Waals surface area contributed by atoms with E-state index in [1.54, 1.807) is 0 Å². The van der Waals surface area contributed by atoms with Crippen LogP contribution >= 0.6 is 11.6 Å². The lowest BCUT2D eigenvalue weighted by Crippen LogP contribution is -1.86. The van der Waals surface area contributed by atoms with E-state index in [0.717, 1.165) is 12.0 Å². The summed E-state index contributed by atoms with van der Waals surface area (Å²) in [5, 5.41) is 9.40. The second-order valence-electron chi connectivity index (χ2n) is 2.41. The predicted molar refractivity (Wildman–Crippen MR) is 47.9 cm³/mol. The highest BCUT2D eigenvalue weighted by atomic mass is 35.5. The van der Waals surface area contributed by atoms with Crippen molar-refractivity contribution >= 4 is 11.6 Å². The molecule has 0 aromatic carbocycles. The summed E-state index contributed by atoms with van der Waals surface area (Å²) in [5.41, 5.74) is 0.912. The van der Waals surface area contributed by atoms with Crippen molar-refractivity contribution in [3.63, 3.8) is 0 Å². The van der Waals surface area contributed by atoms with E-state index >= 15 is 0 Å². The number of halogens is 1. The average molecular weight is 171 g/mol. The van der Waals surface area contributed by atoms with E-state index in [4.69, 9.17) is 11.6 Å². The number of hydrogen-bond acceptors (Lipinski definition) is 1. The van der Waals surface area contributed by atoms with Gasteiger partial charge in [-0.1, -0.05) is 24.3 Å². The van der Waals surface area contributed by atoms with Gasteiger partial charge in [0.05, 0.1) is 5.76 Å². The molecule has 60 valence electrons. The zero-order chi connectivity index (χ0) is 8.10. The van der Waals surface area contributed by atoms with Crippen LogP contribution in [-0.2, 0) is 0 Å². The minimum atomic E-state index is 0.440. The third kappa shape index (κ3) is 2.43. The maximum absolute atomic E-state index is 9.40. The van der Waals surface area contributed by atoms with Gasteiger partial charge in [0.15, 0.2) is 0 Å². The summed E-state index contributed by atoms with van der Waals surface area (Å²) in [6.07, 6.45) is 9.11. The Morgan fingerprint density at radius 3 is 2.55 bits per heavy atom. The van der Waals surface area contributed by atoms with Crippen LogP contribution in [0.15, 0.2) is 35.6 Å². The fraction of sp³-hybridized carbons (Fsp3) is 0.333. The van der Waals surface area contributed by atoms with Crippen LogP contribution in [0.2, 0.25) is 0 Å². The molecule has 0 amide bonds. The molecule has 1 N–H and O–H groups in total. The zero-order valence-electron chi connectivity index (χ0n) is 6.26. The van der Waals surface area contributed by atoms with Crippen LogP contribution in [0.5, 0.6) is 0 Å². The predicted octanol–water partition coefficient (Wildman–Crippen LogP) is 2.94. The molecule has 0 radical (unpaired) electrons. The smallest absolute Gasteiger partial charge is 0.0995 e. The fourth-order valence-corrected chi connectivity index (χ4v) is 1.08. The van der Waals surface area contributed by atoms with Crippen LogP contribution in [-0.4, -0.2) is 11.0 Å². The first-order valence-electron chi connectivity index (χ1n) is 3.67. The van der Waals surface area contributed by atoms with Crippen molar-refractivity contribution in [1.29, 1.82) is 0 Å². The van der Waals surface area contributed by atoms with Gasteiger partial charge in [-0.2, -0.15) is 0 Å². The van der Waals surface area contributed by atoms with Crippen molar-refractivity contribution in [3.8, 4) is 0 Å². The van der Waals surface area contributed by atoms with Crippen molar-refractivity contribution in [2.24, 2.45) is 0 Å². The molecule has 0 fully saturated rings. The number of allylic oxidation sites excluding steroid dienone is 6. The van der Waals surface area contributed by atoms with E-state index in [1.165, 1.54) is 0 Å². The first-order valence-corrected chi connectivity index (χ1v) is 4.21. The summed E-state index contributed by atoms with van der Waals surface area (Å²) in [7, 11) is 0. The van der Waals surface area contributed by atoms with Gasteiger partial charge >= 0.3 is 0 Å². The van der Waals surface area contributed by atoms with Gasteiger partial charge in [-0.3, -0.25) is 0 Å². The SMILES string of the molecule is OC(CCCCl)=C1C=CC=C1. The minimum Gasteiger partial charge on any atom is -0.512 e. The molecule has 2 heteroatoms. The van der Waals surface area contributed by atoms with E-state index in [1.807, 2.05) is 24.3 Å². The largest absolute Gasteiger partial charge is 0.512 e. The second-order valence-corrected chi connectivity index (χ2v) is 2.79. The summed E-state index contributed by atoms with van der Waals surface area (Å²) in [6.45, 7) is 0. The Kier molecular flexibility index (Phi) is 3.24. The summed E-state index contributed by atoms with van der Waals surface area (Å²) in [4.78, 5) is 0. The molecule has 11 heavy (non-hydrogen) atoms. The molecule has 1 rings (SSSR count). The third-order valence-corrected chi connectivity index (χ3v) is 1.81. The summed E-state index contributed by atoms with van der Waals surface area (Å²) < 4.78 is 0. The number of aliphatic hydroxyl groups excluding tert-OH is 1. The first-order chi connectivity index (χ1) is 5.34. The van der Waals surface area contributed by atoms with Crippen molar-refractivity contribution in [2.75, 3.05) is 5.88 Å². The molecule has 0 saturated heterocycles. The van der Waals surface area contributed by atoms with Gasteiger partial charge in [0.25, 0.3) is 0 Å². The molecular weight excluding hydrogens is 160 g/mol. The lowest BCUT2D eigenvalue weighted by Gasteiger charge is -1.98. The van der Waals surface area contributed by atoms with Crippen LogP contribution in [0.25, 0.3) is 0 Å². The lowest BCUT2D eigenvalue weighted by atomic mass is 10.2. The number of rotatable bonds is 3. The number of hydrogen-bond donors (Lipinski definition) is 1. The Hall–Kier alpha value is -0.690. The molecule has 0 heterocycles. The standard InChI is InChI=1S/C9H11ClO/c10-7-3-6-9(11)8-4-1-2-5-8/h1-2,4-5,11H,3,6-7H2. The Morgan fingerprint density at radius 1 is 1.36 bits per heavy atom. The van der Waals surface area contributed by atoms with Crippen molar-refractivity contribution < 1.29 is 5.11 Å². The molecule has 0 unspecified atom stereocenters. The second kappa shape index (κ2) is 4.24. The monoisotopic (exact) mass is 170 g/mol. The van der Waals surface area contributed by atoms with Crippen molar-refractivity contribution in [3.05, 3.63) is 35.6 Å². The Balaban J connectivity index is 2.50. The molecule has 1 aliphatic carbocycles. The van der Waals surface area contributed by atoms with Gasteiger partial charge in [-0.05, 0) is 6.42 Å². The van der Waals surface area contributed by atoms with Gasteiger partial charge in [-0.15, -0.1) is 11.6 Å². The first kappa shape index (κ1) is 8.41. The molecule has 1 nitrogen and oxygen atoms in total. The minimum absolute atomic E-state index is 0.440. The van der Waals surface area contributed by atoms with Gasteiger partial charge in [0, 0.05) is 17.9 Å². The van der Waals surface area contributed by atoms with Crippen molar-refractivity contribution in [1.82, 2.24) is 0 Å². The van der Waals surface area contributed by atoms with Crippen LogP contribution in [0, 0.1) is 0 Å². The number of alkyl halides is 1. The zero-order valence-corrected chi connectivity index (χ0v) is 7.01. The molecule has 0 aromatic rings. The van der Waals surface area contributed by atoms with Crippen LogP contribution in [0.4, 0.5) is 0 Å². The van der Waals surface area contributed by atoms with Crippen LogP contribution in [0.3, 0.4) is 0 Å². The molecule has 1 aliphatic rings. The molecule has 0 saturated carbocycles. The van der Waals surface area contributed by atoms with Gasteiger partial charge in [0.2, 0.25) is 0 Å². The molecule has 0 aliphatic heterocycles. The highest BCUT2D eigenvalue weighted by Crippen LogP contribution is 2.15. The summed E-state index contributed by atoms with van der Waals surface area (Å²) in [5.74, 6) is 1.04. The Bertz CT molecular complexity index is 200. The lowest BCUT2D eigenvalue weighted by molar-refractivity contribution is 0.384.